The van der Waals surface area contributed by atoms with Crippen LogP contribution in [0.2, 0.25) is 0 Å². The van der Waals surface area contributed by atoms with Crippen LogP contribution in [0.15, 0.2) is 42.5 Å². The molecule has 0 bridgehead atoms. The van der Waals surface area contributed by atoms with E-state index in [0.29, 0.717) is 5.88 Å². The van der Waals surface area contributed by atoms with Crippen molar-refractivity contribution in [2.75, 3.05) is 5.88 Å². The molecule has 3 rings (SSSR count). The molecule has 0 N–H and O–H groups in total. The summed E-state index contributed by atoms with van der Waals surface area (Å²) < 4.78 is 3.46. The van der Waals surface area contributed by atoms with Crippen molar-refractivity contribution in [3.05, 3.63) is 57.4 Å². The highest BCUT2D eigenvalue weighted by Gasteiger charge is 2.14. The summed E-state index contributed by atoms with van der Waals surface area (Å²) >= 11 is 8.30. The molecule has 0 radical (unpaired) electrons. The first-order valence-corrected chi connectivity index (χ1v) is 8.67. The average Bonchev–Trinajstić information content (AvgIpc) is 2.84. The van der Waals surface area contributed by atoms with Gasteiger partial charge >= 0.3 is 0 Å². The highest BCUT2D eigenvalue weighted by molar-refractivity contribution is 14.1. The van der Waals surface area contributed by atoms with Gasteiger partial charge in [-0.05, 0) is 58.8 Å². The highest BCUT2D eigenvalue weighted by Crippen LogP contribution is 2.26. The number of hydrogen-bond acceptors (Lipinski definition) is 1. The van der Waals surface area contributed by atoms with E-state index < -0.39 is 0 Å². The van der Waals surface area contributed by atoms with Crippen LogP contribution in [0, 0.1) is 3.57 Å². The predicted octanol–water partition coefficient (Wildman–Crippen LogP) is 4.97. The van der Waals surface area contributed by atoms with Crippen molar-refractivity contribution in [2.24, 2.45) is 0 Å². The van der Waals surface area contributed by atoms with E-state index >= 15 is 0 Å². The first kappa shape index (κ1) is 14.9. The molecule has 2 aromatic carbocycles. The molecule has 3 aromatic rings. The van der Waals surface area contributed by atoms with Crippen LogP contribution in [0.4, 0.5) is 0 Å². The van der Waals surface area contributed by atoms with Gasteiger partial charge in [-0.3, -0.25) is 4.57 Å². The Balaban J connectivity index is 2.31. The van der Waals surface area contributed by atoms with Crippen LogP contribution in [-0.4, -0.2) is 15.4 Å². The smallest absolute Gasteiger partial charge is 0.115 e. The summed E-state index contributed by atoms with van der Waals surface area (Å²) in [5, 5.41) is 0. The zero-order valence-electron chi connectivity index (χ0n) is 11.8. The van der Waals surface area contributed by atoms with E-state index in [9.17, 15) is 0 Å². The highest BCUT2D eigenvalue weighted by atomic mass is 127. The molecular formula is C17H16ClIN2. The van der Waals surface area contributed by atoms with E-state index in [1.165, 1.54) is 14.8 Å². The molecule has 4 heteroatoms. The van der Waals surface area contributed by atoms with Gasteiger partial charge in [0.05, 0.1) is 16.7 Å². The minimum atomic E-state index is 0.578. The number of imidazole rings is 1. The zero-order chi connectivity index (χ0) is 14.8. The maximum atomic E-state index is 5.97. The number of benzene rings is 2. The van der Waals surface area contributed by atoms with E-state index in [1.54, 1.807) is 0 Å². The molecule has 2 nitrogen and oxygen atoms in total. The molecule has 0 aliphatic rings. The lowest BCUT2D eigenvalue weighted by atomic mass is 10.1. The SMILES string of the molecule is CCc1ccccc1-n1c(CCCl)nc2cc(I)ccc21. The first-order chi connectivity index (χ1) is 10.2. The molecule has 0 aliphatic heterocycles. The van der Waals surface area contributed by atoms with E-state index in [4.69, 9.17) is 16.6 Å². The number of nitrogens with zero attached hydrogens (tertiary/aromatic N) is 2. The molecule has 0 aliphatic carbocycles. The molecule has 0 atom stereocenters. The van der Waals surface area contributed by atoms with Gasteiger partial charge in [0.2, 0.25) is 0 Å². The van der Waals surface area contributed by atoms with Crippen molar-refractivity contribution in [3.63, 3.8) is 0 Å². The van der Waals surface area contributed by atoms with Crippen molar-refractivity contribution in [3.8, 4) is 5.69 Å². The van der Waals surface area contributed by atoms with Crippen molar-refractivity contribution >= 4 is 45.2 Å². The van der Waals surface area contributed by atoms with E-state index in [0.717, 1.165) is 29.7 Å². The number of aryl methyl sites for hydroxylation is 2. The van der Waals surface area contributed by atoms with Crippen molar-refractivity contribution in [1.82, 2.24) is 9.55 Å². The van der Waals surface area contributed by atoms with Crippen molar-refractivity contribution in [1.29, 1.82) is 0 Å². The van der Waals surface area contributed by atoms with Gasteiger partial charge in [0.1, 0.15) is 5.82 Å². The van der Waals surface area contributed by atoms with Gasteiger partial charge in [0, 0.05) is 15.9 Å². The monoisotopic (exact) mass is 410 g/mol. The Kier molecular flexibility index (Phi) is 4.50. The normalized spacial score (nSPS) is 11.2. The van der Waals surface area contributed by atoms with Gasteiger partial charge < -0.3 is 0 Å². The van der Waals surface area contributed by atoms with E-state index in [1.807, 2.05) is 0 Å². The van der Waals surface area contributed by atoms with E-state index in [-0.39, 0.29) is 0 Å². The van der Waals surface area contributed by atoms with Gasteiger partial charge in [0.15, 0.2) is 0 Å². The second kappa shape index (κ2) is 6.36. The molecule has 0 amide bonds. The molecular weight excluding hydrogens is 395 g/mol. The van der Waals surface area contributed by atoms with Crippen LogP contribution in [0.5, 0.6) is 0 Å². The third-order valence-electron chi connectivity index (χ3n) is 3.62. The van der Waals surface area contributed by atoms with Gasteiger partial charge in [-0.1, -0.05) is 25.1 Å². The molecule has 1 aromatic heterocycles. The summed E-state index contributed by atoms with van der Waals surface area (Å²) in [5.74, 6) is 1.61. The second-order valence-corrected chi connectivity index (χ2v) is 6.54. The maximum Gasteiger partial charge on any atom is 0.115 e. The molecule has 0 saturated carbocycles. The summed E-state index contributed by atoms with van der Waals surface area (Å²) in [6.45, 7) is 2.18. The molecule has 0 unspecified atom stereocenters. The third-order valence-corrected chi connectivity index (χ3v) is 4.48. The molecule has 0 fully saturated rings. The predicted molar refractivity (Wildman–Crippen MR) is 97.6 cm³/mol. The lowest BCUT2D eigenvalue weighted by Crippen LogP contribution is -2.05. The molecule has 108 valence electrons. The Bertz CT molecular complexity index is 780. The standard InChI is InChI=1S/C17H16ClIN2/c1-2-12-5-3-4-6-15(12)21-16-8-7-13(19)11-14(16)20-17(21)9-10-18/h3-8,11H,2,9-10H2,1H3. The van der Waals surface area contributed by atoms with Gasteiger partial charge in [-0.2, -0.15) is 0 Å². The fraction of sp³-hybridized carbons (Fsp3) is 0.235. The van der Waals surface area contributed by atoms with Crippen LogP contribution in [0.25, 0.3) is 16.7 Å². The van der Waals surface area contributed by atoms with Gasteiger partial charge in [-0.15, -0.1) is 11.6 Å². The molecule has 0 saturated heterocycles. The number of aromatic nitrogens is 2. The first-order valence-electron chi connectivity index (χ1n) is 7.05. The number of para-hydroxylation sites is 1. The largest absolute Gasteiger partial charge is 0.296 e. The van der Waals surface area contributed by atoms with Crippen LogP contribution in [0.3, 0.4) is 0 Å². The van der Waals surface area contributed by atoms with Crippen molar-refractivity contribution < 1.29 is 0 Å². The zero-order valence-corrected chi connectivity index (χ0v) is 14.7. The fourth-order valence-corrected chi connectivity index (χ4v) is 3.30. The summed E-state index contributed by atoms with van der Waals surface area (Å²) in [4.78, 5) is 4.79. The quantitative estimate of drug-likeness (QED) is 0.438. The summed E-state index contributed by atoms with van der Waals surface area (Å²) in [7, 11) is 0. The van der Waals surface area contributed by atoms with Gasteiger partial charge in [-0.25, -0.2) is 4.98 Å². The Morgan fingerprint density at radius 3 is 2.76 bits per heavy atom. The van der Waals surface area contributed by atoms with Crippen LogP contribution >= 0.6 is 34.2 Å². The molecule has 0 spiro atoms. The summed E-state index contributed by atoms with van der Waals surface area (Å²) in [6, 6.07) is 14.9. The lowest BCUT2D eigenvalue weighted by Gasteiger charge is -2.13. The second-order valence-electron chi connectivity index (χ2n) is 4.92. The minimum absolute atomic E-state index is 0.578. The van der Waals surface area contributed by atoms with Crippen LogP contribution < -0.4 is 0 Å². The Labute approximate surface area is 143 Å². The van der Waals surface area contributed by atoms with Crippen LogP contribution in [0.1, 0.15) is 18.3 Å². The summed E-state index contributed by atoms with van der Waals surface area (Å²) in [6.07, 6.45) is 1.77. The topological polar surface area (TPSA) is 17.8 Å². The minimum Gasteiger partial charge on any atom is -0.296 e. The number of fused-ring (bicyclic) bond motifs is 1. The molecule has 21 heavy (non-hydrogen) atoms. The lowest BCUT2D eigenvalue weighted by molar-refractivity contribution is 0.899. The van der Waals surface area contributed by atoms with E-state index in [2.05, 4.69) is 76.5 Å². The Hall–Kier alpha value is -1.07. The number of hydrogen-bond donors (Lipinski definition) is 0. The third kappa shape index (κ3) is 2.81. The number of rotatable bonds is 4. The fourth-order valence-electron chi connectivity index (χ4n) is 2.65. The maximum absolute atomic E-state index is 5.97. The number of halogens is 2. The van der Waals surface area contributed by atoms with Gasteiger partial charge in [0.25, 0.3) is 0 Å². The van der Waals surface area contributed by atoms with Crippen LogP contribution in [-0.2, 0) is 12.8 Å². The number of alkyl halides is 1. The average molecular weight is 411 g/mol. The Morgan fingerprint density at radius 1 is 1.19 bits per heavy atom. The van der Waals surface area contributed by atoms with Crippen molar-refractivity contribution in [2.45, 2.75) is 19.8 Å². The Morgan fingerprint density at radius 2 is 2.00 bits per heavy atom. The summed E-state index contributed by atoms with van der Waals surface area (Å²) in [5.41, 5.74) is 4.72. The molecule has 1 heterocycles.